The van der Waals surface area contributed by atoms with Crippen molar-refractivity contribution in [1.29, 1.82) is 0 Å². The van der Waals surface area contributed by atoms with Crippen molar-refractivity contribution in [3.63, 3.8) is 0 Å². The Hall–Kier alpha value is -0.0700. The van der Waals surface area contributed by atoms with Crippen LogP contribution in [0.15, 0.2) is 0 Å². The quantitative estimate of drug-likeness (QED) is 0.242. The van der Waals surface area contributed by atoms with E-state index in [1.165, 1.54) is 45.1 Å². The Morgan fingerprint density at radius 1 is 0.762 bits per heavy atom. The maximum absolute atomic E-state index is 10.7. The summed E-state index contributed by atoms with van der Waals surface area (Å²) in [5, 5.41) is 8.86. The van der Waals surface area contributed by atoms with Crippen molar-refractivity contribution in [3.05, 3.63) is 0 Å². The van der Waals surface area contributed by atoms with Gasteiger partial charge in [0.25, 0.3) is 0 Å². The zero-order valence-electron chi connectivity index (χ0n) is 13.0. The third-order valence-electron chi connectivity index (χ3n) is 2.82. The van der Waals surface area contributed by atoms with Crippen LogP contribution in [0, 0.1) is 0 Å². The van der Waals surface area contributed by atoms with Crippen molar-refractivity contribution >= 4 is 7.81 Å². The van der Waals surface area contributed by atoms with E-state index < -0.39 is 7.81 Å². The topological polar surface area (TPSA) is 20.2 Å². The Kier molecular flexibility index (Phi) is 8.81. The Balaban J connectivity index is 0. The van der Waals surface area contributed by atoms with Gasteiger partial charge in [-0.15, -0.1) is 0 Å². The second-order valence-electron chi connectivity index (χ2n) is 5.83. The molecule has 0 aliphatic heterocycles. The SMILES string of the molecule is CCCCCCCC[N+](C)(C)CCO.F[P-](F)(F)(F)(F)F. The van der Waals surface area contributed by atoms with Gasteiger partial charge in [-0.05, 0) is 12.8 Å². The molecule has 0 saturated heterocycles. The van der Waals surface area contributed by atoms with Gasteiger partial charge in [-0.25, -0.2) is 0 Å². The molecular formula is C12H28F6NOP. The molecule has 9 heteroatoms. The first-order valence-corrected chi connectivity index (χ1v) is 9.09. The van der Waals surface area contributed by atoms with E-state index in [-0.39, 0.29) is 0 Å². The van der Waals surface area contributed by atoms with Crippen LogP contribution in [0.5, 0.6) is 0 Å². The van der Waals surface area contributed by atoms with Gasteiger partial charge >= 0.3 is 33.0 Å². The number of likely N-dealkylation sites (N-methyl/N-ethyl adjacent to an activating group) is 1. The predicted molar refractivity (Wildman–Crippen MR) is 75.9 cm³/mol. The summed E-state index contributed by atoms with van der Waals surface area (Å²) in [6.45, 7) is 4.64. The molecule has 0 radical (unpaired) electrons. The molecule has 134 valence electrons. The molecule has 0 aromatic heterocycles. The van der Waals surface area contributed by atoms with Crippen molar-refractivity contribution in [3.8, 4) is 0 Å². The van der Waals surface area contributed by atoms with Gasteiger partial charge in [0, 0.05) is 0 Å². The molecule has 0 rings (SSSR count). The van der Waals surface area contributed by atoms with Crippen LogP contribution >= 0.6 is 7.81 Å². The fraction of sp³-hybridized carbons (Fsp3) is 1.00. The molecule has 0 amide bonds. The van der Waals surface area contributed by atoms with Gasteiger partial charge in [-0.3, -0.25) is 0 Å². The van der Waals surface area contributed by atoms with Crippen molar-refractivity contribution in [2.24, 2.45) is 0 Å². The molecule has 1 N–H and O–H groups in total. The van der Waals surface area contributed by atoms with Gasteiger partial charge in [-0.1, -0.05) is 32.6 Å². The van der Waals surface area contributed by atoms with Gasteiger partial charge in [0.2, 0.25) is 0 Å². The normalized spacial score (nSPS) is 15.7. The molecule has 2 nitrogen and oxygen atoms in total. The molecule has 0 atom stereocenters. The van der Waals surface area contributed by atoms with E-state index >= 15 is 0 Å². The number of quaternary nitrogens is 1. The summed E-state index contributed by atoms with van der Waals surface area (Å²) in [5.74, 6) is 0. The minimum atomic E-state index is -10.7. The van der Waals surface area contributed by atoms with Crippen molar-refractivity contribution < 1.29 is 34.8 Å². The summed E-state index contributed by atoms with van der Waals surface area (Å²) in [6, 6.07) is 0. The molecule has 0 bridgehead atoms. The predicted octanol–water partition coefficient (Wildman–Crippen LogP) is 5.80. The number of nitrogens with zero attached hydrogens (tertiary/aromatic N) is 1. The summed E-state index contributed by atoms with van der Waals surface area (Å²) in [7, 11) is -6.26. The molecule has 0 aliphatic carbocycles. The Morgan fingerprint density at radius 3 is 1.52 bits per heavy atom. The van der Waals surface area contributed by atoms with Crippen LogP contribution in [0.25, 0.3) is 0 Å². The average Bonchev–Trinajstić information content (AvgIpc) is 2.18. The molecule has 0 aromatic rings. The van der Waals surface area contributed by atoms with Gasteiger partial charge < -0.3 is 9.59 Å². The van der Waals surface area contributed by atoms with Crippen molar-refractivity contribution in [2.75, 3.05) is 33.8 Å². The third kappa shape index (κ3) is 38.3. The monoisotopic (exact) mass is 347 g/mol. The van der Waals surface area contributed by atoms with E-state index in [2.05, 4.69) is 21.0 Å². The molecule has 0 aromatic carbocycles. The fourth-order valence-corrected chi connectivity index (χ4v) is 1.70. The molecule has 0 aliphatic rings. The minimum absolute atomic E-state index is 0.308. The van der Waals surface area contributed by atoms with E-state index in [0.717, 1.165) is 11.0 Å². The summed E-state index contributed by atoms with van der Waals surface area (Å²) in [4.78, 5) is 0. The molecule has 0 spiro atoms. The molecule has 0 unspecified atom stereocenters. The van der Waals surface area contributed by atoms with Crippen LogP contribution in [-0.4, -0.2) is 43.4 Å². The van der Waals surface area contributed by atoms with Crippen LogP contribution in [0.3, 0.4) is 0 Å². The van der Waals surface area contributed by atoms with Gasteiger partial charge in [0.15, 0.2) is 0 Å². The first-order valence-electron chi connectivity index (χ1n) is 7.06. The van der Waals surface area contributed by atoms with Crippen molar-refractivity contribution in [1.82, 2.24) is 0 Å². The standard InChI is InChI=1S/C12H28NO.F6P/c1-4-5-6-7-8-9-10-13(2,3)11-12-14;1-7(2,3,4,5)6/h14H,4-12H2,1-3H3;/q+1;-1. The zero-order valence-corrected chi connectivity index (χ0v) is 13.9. The molecule has 0 saturated carbocycles. The van der Waals surface area contributed by atoms with Crippen LogP contribution in [0.1, 0.15) is 45.4 Å². The first kappa shape index (κ1) is 23.2. The molecule has 0 heterocycles. The second-order valence-corrected chi connectivity index (χ2v) is 7.75. The number of rotatable bonds is 9. The van der Waals surface area contributed by atoms with E-state index in [0.29, 0.717) is 6.61 Å². The summed E-state index contributed by atoms with van der Waals surface area (Å²) in [6.07, 6.45) is 8.14. The maximum atomic E-state index is 9.87. The Bertz CT molecular complexity index is 266. The fourth-order valence-electron chi connectivity index (χ4n) is 1.70. The Labute approximate surface area is 123 Å². The number of aliphatic hydroxyl groups excluding tert-OH is 1. The van der Waals surface area contributed by atoms with E-state index in [4.69, 9.17) is 5.11 Å². The molecular weight excluding hydrogens is 319 g/mol. The average molecular weight is 347 g/mol. The first-order chi connectivity index (χ1) is 9.07. The van der Waals surface area contributed by atoms with E-state index in [1.807, 2.05) is 0 Å². The van der Waals surface area contributed by atoms with E-state index in [1.54, 1.807) is 0 Å². The van der Waals surface area contributed by atoms with Gasteiger partial charge in [-0.2, -0.15) is 0 Å². The second kappa shape index (κ2) is 7.97. The summed E-state index contributed by atoms with van der Waals surface area (Å²) < 4.78 is 60.2. The number of aliphatic hydroxyl groups is 1. The van der Waals surface area contributed by atoms with Crippen LogP contribution < -0.4 is 0 Å². The number of hydrogen-bond donors (Lipinski definition) is 1. The summed E-state index contributed by atoms with van der Waals surface area (Å²) >= 11 is 0. The van der Waals surface area contributed by atoms with Crippen molar-refractivity contribution in [2.45, 2.75) is 45.4 Å². The number of hydrogen-bond acceptors (Lipinski definition) is 1. The molecule has 21 heavy (non-hydrogen) atoms. The van der Waals surface area contributed by atoms with E-state index in [9.17, 15) is 25.2 Å². The third-order valence-corrected chi connectivity index (χ3v) is 2.82. The van der Waals surface area contributed by atoms with Gasteiger partial charge in [0.1, 0.15) is 6.54 Å². The molecule has 0 fully saturated rings. The number of unbranched alkanes of at least 4 members (excludes halogenated alkanes) is 5. The van der Waals surface area contributed by atoms with Crippen LogP contribution in [0.4, 0.5) is 25.2 Å². The zero-order chi connectivity index (χ0) is 17.3. The van der Waals surface area contributed by atoms with Gasteiger partial charge in [0.05, 0.1) is 27.2 Å². The van der Waals surface area contributed by atoms with Crippen LogP contribution in [-0.2, 0) is 0 Å². The Morgan fingerprint density at radius 2 is 1.14 bits per heavy atom. The summed E-state index contributed by atoms with van der Waals surface area (Å²) in [5.41, 5.74) is 0. The van der Waals surface area contributed by atoms with Crippen LogP contribution in [0.2, 0.25) is 0 Å². The number of halogens is 6.